The number of amides is 1. The number of likely N-dealkylation sites (N-methyl/N-ethyl adjacent to an activating group) is 1. The van der Waals surface area contributed by atoms with Crippen LogP contribution in [-0.2, 0) is 4.79 Å². The van der Waals surface area contributed by atoms with Gasteiger partial charge < -0.3 is 15.3 Å². The number of nitrogens with one attached hydrogen (secondary N) is 1. The van der Waals surface area contributed by atoms with E-state index in [2.05, 4.69) is 11.9 Å². The molecule has 0 aliphatic carbocycles. The fourth-order valence-corrected chi connectivity index (χ4v) is 0.602. The Balaban J connectivity index is 3.96. The third-order valence-corrected chi connectivity index (χ3v) is 1.48. The molecule has 4 nitrogen and oxygen atoms in total. The molecule has 0 aromatic heterocycles. The molecule has 0 rings (SSSR count). The Morgan fingerprint density at radius 2 is 2.00 bits per heavy atom. The summed E-state index contributed by atoms with van der Waals surface area (Å²) in [5.41, 5.74) is -0.508. The summed E-state index contributed by atoms with van der Waals surface area (Å²) in [7, 11) is 3.48. The SMILES string of the molecule is C=C(C(=O)NCC(C)(C)O)N(C)C. The van der Waals surface area contributed by atoms with Crippen molar-refractivity contribution in [1.82, 2.24) is 10.2 Å². The molecular weight excluding hydrogens is 168 g/mol. The lowest BCUT2D eigenvalue weighted by atomic mass is 10.1. The number of aliphatic hydroxyl groups is 1. The van der Waals surface area contributed by atoms with Gasteiger partial charge in [0.15, 0.2) is 0 Å². The molecule has 1 amide bonds. The predicted molar refractivity (Wildman–Crippen MR) is 52.1 cm³/mol. The summed E-state index contributed by atoms with van der Waals surface area (Å²) in [6, 6.07) is 0. The Kier molecular flexibility index (Phi) is 3.94. The van der Waals surface area contributed by atoms with E-state index in [4.69, 9.17) is 0 Å². The van der Waals surface area contributed by atoms with Crippen molar-refractivity contribution in [3.63, 3.8) is 0 Å². The normalized spacial score (nSPS) is 10.8. The van der Waals surface area contributed by atoms with Crippen LogP contribution < -0.4 is 5.32 Å². The van der Waals surface area contributed by atoms with Crippen LogP contribution in [0.5, 0.6) is 0 Å². The molecule has 76 valence electrons. The zero-order valence-electron chi connectivity index (χ0n) is 8.72. The van der Waals surface area contributed by atoms with Gasteiger partial charge in [-0.15, -0.1) is 0 Å². The third kappa shape index (κ3) is 5.25. The van der Waals surface area contributed by atoms with E-state index < -0.39 is 5.60 Å². The maximum atomic E-state index is 11.3. The monoisotopic (exact) mass is 186 g/mol. The minimum absolute atomic E-state index is 0.221. The van der Waals surface area contributed by atoms with Crippen molar-refractivity contribution in [2.45, 2.75) is 19.4 Å². The second-order valence-electron chi connectivity index (χ2n) is 3.84. The van der Waals surface area contributed by atoms with E-state index >= 15 is 0 Å². The average Bonchev–Trinajstić information content (AvgIpc) is 1.97. The molecule has 0 saturated heterocycles. The Hall–Kier alpha value is -1.03. The highest BCUT2D eigenvalue weighted by Crippen LogP contribution is 1.99. The van der Waals surface area contributed by atoms with Crippen molar-refractivity contribution in [1.29, 1.82) is 0 Å². The summed E-state index contributed by atoms with van der Waals surface area (Å²) in [4.78, 5) is 12.9. The van der Waals surface area contributed by atoms with Crippen molar-refractivity contribution in [3.05, 3.63) is 12.3 Å². The van der Waals surface area contributed by atoms with Crippen molar-refractivity contribution in [2.24, 2.45) is 0 Å². The van der Waals surface area contributed by atoms with Crippen LogP contribution in [0.1, 0.15) is 13.8 Å². The second-order valence-corrected chi connectivity index (χ2v) is 3.84. The Morgan fingerprint density at radius 1 is 1.54 bits per heavy atom. The molecule has 0 unspecified atom stereocenters. The number of rotatable bonds is 4. The van der Waals surface area contributed by atoms with Gasteiger partial charge in [0.25, 0.3) is 5.91 Å². The third-order valence-electron chi connectivity index (χ3n) is 1.48. The molecular formula is C9H18N2O2. The zero-order valence-corrected chi connectivity index (χ0v) is 8.72. The van der Waals surface area contributed by atoms with E-state index in [9.17, 15) is 9.90 Å². The smallest absolute Gasteiger partial charge is 0.267 e. The van der Waals surface area contributed by atoms with Gasteiger partial charge in [0, 0.05) is 20.6 Å². The molecule has 0 saturated carbocycles. The lowest BCUT2D eigenvalue weighted by Crippen LogP contribution is -2.40. The van der Waals surface area contributed by atoms with E-state index in [-0.39, 0.29) is 12.5 Å². The summed E-state index contributed by atoms with van der Waals surface area (Å²) in [5.74, 6) is -0.257. The Morgan fingerprint density at radius 3 is 2.31 bits per heavy atom. The molecule has 0 atom stereocenters. The van der Waals surface area contributed by atoms with E-state index in [0.29, 0.717) is 5.70 Å². The van der Waals surface area contributed by atoms with Gasteiger partial charge in [0.05, 0.1) is 11.3 Å². The van der Waals surface area contributed by atoms with Crippen molar-refractivity contribution in [3.8, 4) is 0 Å². The molecule has 0 aliphatic heterocycles. The summed E-state index contributed by atoms with van der Waals surface area (Å²) < 4.78 is 0. The molecule has 0 heterocycles. The fourth-order valence-electron chi connectivity index (χ4n) is 0.602. The summed E-state index contributed by atoms with van der Waals surface area (Å²) in [6.45, 7) is 7.07. The molecule has 0 fully saturated rings. The quantitative estimate of drug-likeness (QED) is 0.605. The molecule has 0 radical (unpaired) electrons. The van der Waals surface area contributed by atoms with Crippen molar-refractivity contribution in [2.75, 3.05) is 20.6 Å². The molecule has 13 heavy (non-hydrogen) atoms. The molecule has 2 N–H and O–H groups in total. The maximum Gasteiger partial charge on any atom is 0.267 e. The van der Waals surface area contributed by atoms with Crippen LogP contribution in [0.4, 0.5) is 0 Å². The Labute approximate surface area is 79.2 Å². The minimum atomic E-state index is -0.887. The van der Waals surface area contributed by atoms with Gasteiger partial charge >= 0.3 is 0 Å². The summed E-state index contributed by atoms with van der Waals surface area (Å²) >= 11 is 0. The molecule has 0 aromatic carbocycles. The number of carbonyl (C=O) groups excluding carboxylic acids is 1. The lowest BCUT2D eigenvalue weighted by molar-refractivity contribution is -0.119. The largest absolute Gasteiger partial charge is 0.389 e. The summed E-state index contributed by atoms with van der Waals surface area (Å²) in [5, 5.41) is 11.9. The van der Waals surface area contributed by atoms with Crippen LogP contribution in [0.15, 0.2) is 12.3 Å². The van der Waals surface area contributed by atoms with Crippen LogP contribution in [0.3, 0.4) is 0 Å². The van der Waals surface area contributed by atoms with E-state index in [1.807, 2.05) is 0 Å². The average molecular weight is 186 g/mol. The predicted octanol–water partition coefficient (Wildman–Crippen LogP) is -0.0512. The van der Waals surface area contributed by atoms with Gasteiger partial charge in [-0.1, -0.05) is 6.58 Å². The van der Waals surface area contributed by atoms with Gasteiger partial charge in [0.1, 0.15) is 0 Å². The molecule has 0 aromatic rings. The second kappa shape index (κ2) is 4.28. The first-order chi connectivity index (χ1) is 5.74. The van der Waals surface area contributed by atoms with Crippen LogP contribution in [0.2, 0.25) is 0 Å². The highest BCUT2D eigenvalue weighted by atomic mass is 16.3. The van der Waals surface area contributed by atoms with Gasteiger partial charge in [-0.25, -0.2) is 0 Å². The number of nitrogens with zero attached hydrogens (tertiary/aromatic N) is 1. The topological polar surface area (TPSA) is 52.6 Å². The van der Waals surface area contributed by atoms with Gasteiger partial charge in [-0.2, -0.15) is 0 Å². The number of carbonyl (C=O) groups is 1. The highest BCUT2D eigenvalue weighted by Gasteiger charge is 2.15. The van der Waals surface area contributed by atoms with E-state index in [1.54, 1.807) is 32.8 Å². The molecule has 0 spiro atoms. The zero-order chi connectivity index (χ0) is 10.6. The lowest BCUT2D eigenvalue weighted by Gasteiger charge is -2.20. The van der Waals surface area contributed by atoms with Crippen LogP contribution in [-0.4, -0.2) is 42.2 Å². The van der Waals surface area contributed by atoms with Crippen LogP contribution >= 0.6 is 0 Å². The minimum Gasteiger partial charge on any atom is -0.389 e. The maximum absolute atomic E-state index is 11.3. The fraction of sp³-hybridized carbons (Fsp3) is 0.667. The van der Waals surface area contributed by atoms with Crippen molar-refractivity contribution >= 4 is 5.91 Å². The van der Waals surface area contributed by atoms with E-state index in [0.717, 1.165) is 0 Å². The van der Waals surface area contributed by atoms with Gasteiger partial charge in [-0.05, 0) is 13.8 Å². The first kappa shape index (κ1) is 12.0. The van der Waals surface area contributed by atoms with Crippen LogP contribution in [0.25, 0.3) is 0 Å². The first-order valence-corrected chi connectivity index (χ1v) is 4.11. The van der Waals surface area contributed by atoms with Gasteiger partial charge in [-0.3, -0.25) is 4.79 Å². The molecule has 4 heteroatoms. The number of hydrogen-bond donors (Lipinski definition) is 2. The van der Waals surface area contributed by atoms with Crippen molar-refractivity contribution < 1.29 is 9.90 Å². The first-order valence-electron chi connectivity index (χ1n) is 4.11. The van der Waals surface area contributed by atoms with Crippen LogP contribution in [0, 0.1) is 0 Å². The standard InChI is InChI=1S/C9H18N2O2/c1-7(11(4)5)8(12)10-6-9(2,3)13/h13H,1,6H2,2-5H3,(H,10,12). The highest BCUT2D eigenvalue weighted by molar-refractivity contribution is 5.92. The van der Waals surface area contributed by atoms with Gasteiger partial charge in [0.2, 0.25) is 0 Å². The summed E-state index contributed by atoms with van der Waals surface area (Å²) in [6.07, 6.45) is 0. The Bertz CT molecular complexity index is 204. The molecule has 0 bridgehead atoms. The molecule has 0 aliphatic rings. The number of hydrogen-bond acceptors (Lipinski definition) is 3. The van der Waals surface area contributed by atoms with E-state index in [1.165, 1.54) is 0 Å².